The number of ether oxygens (including phenoxy) is 2. The summed E-state index contributed by atoms with van der Waals surface area (Å²) in [7, 11) is -2.30. The lowest BCUT2D eigenvalue weighted by molar-refractivity contribution is -0.137. The number of benzene rings is 1. The van der Waals surface area contributed by atoms with E-state index in [0.29, 0.717) is 30.3 Å². The first-order valence-corrected chi connectivity index (χ1v) is 12.7. The molecule has 174 valence electrons. The predicted octanol–water partition coefficient (Wildman–Crippen LogP) is 4.37. The summed E-state index contributed by atoms with van der Waals surface area (Å²) in [5.41, 5.74) is 2.15. The average Bonchev–Trinajstić information content (AvgIpc) is 3.44. The summed E-state index contributed by atoms with van der Waals surface area (Å²) >= 11 is 1.17. The number of fused-ring (bicyclic) bond motifs is 1. The second-order valence-electron chi connectivity index (χ2n) is 7.53. The smallest absolute Gasteiger partial charge is 0.303 e. The fraction of sp³-hybridized carbons (Fsp3) is 0.304. The summed E-state index contributed by atoms with van der Waals surface area (Å²) in [5, 5.41) is 9.14. The fourth-order valence-electron chi connectivity index (χ4n) is 3.88. The van der Waals surface area contributed by atoms with Crippen LogP contribution in [0.25, 0.3) is 10.4 Å². The van der Waals surface area contributed by atoms with Crippen molar-refractivity contribution in [3.63, 3.8) is 0 Å². The SMILES string of the molecule is CCOc1ccc2c(c1)C(CCC(=O)O)CN2S(=O)(=O)c1ccc(-c2ccc(OC)nc2)s1. The Kier molecular flexibility index (Phi) is 6.57. The van der Waals surface area contributed by atoms with Gasteiger partial charge in [-0.15, -0.1) is 11.3 Å². The van der Waals surface area contributed by atoms with E-state index in [1.165, 1.54) is 22.8 Å². The van der Waals surface area contributed by atoms with Gasteiger partial charge in [0.25, 0.3) is 10.0 Å². The summed E-state index contributed by atoms with van der Waals surface area (Å²) in [6.45, 7) is 2.55. The van der Waals surface area contributed by atoms with Gasteiger partial charge in [-0.25, -0.2) is 13.4 Å². The highest BCUT2D eigenvalue weighted by Gasteiger charge is 2.37. The van der Waals surface area contributed by atoms with Crippen LogP contribution in [0.4, 0.5) is 5.69 Å². The Balaban J connectivity index is 1.66. The summed E-state index contributed by atoms with van der Waals surface area (Å²) in [6.07, 6.45) is 1.95. The molecule has 0 radical (unpaired) electrons. The molecule has 2 aromatic heterocycles. The molecular formula is C23H24N2O6S2. The number of carbonyl (C=O) groups is 1. The molecule has 1 aliphatic rings. The van der Waals surface area contributed by atoms with Crippen molar-refractivity contribution >= 4 is 33.0 Å². The standard InChI is InChI=1S/C23H24N2O6S2/c1-3-31-17-6-7-19-18(12-17)16(5-10-22(26)27)14-25(19)33(28,29)23-11-8-20(32-23)15-4-9-21(30-2)24-13-15/h4,6-9,11-13,16H,3,5,10,14H2,1-2H3,(H,26,27). The van der Waals surface area contributed by atoms with Gasteiger partial charge in [-0.1, -0.05) is 0 Å². The van der Waals surface area contributed by atoms with E-state index in [-0.39, 0.29) is 23.1 Å². The highest BCUT2D eigenvalue weighted by atomic mass is 32.2. The van der Waals surface area contributed by atoms with E-state index in [4.69, 9.17) is 14.6 Å². The van der Waals surface area contributed by atoms with Crippen molar-refractivity contribution in [2.75, 3.05) is 24.6 Å². The van der Waals surface area contributed by atoms with Crippen molar-refractivity contribution in [2.24, 2.45) is 0 Å². The number of carboxylic acid groups (broad SMARTS) is 1. The Morgan fingerprint density at radius 2 is 2.06 bits per heavy atom. The van der Waals surface area contributed by atoms with Gasteiger partial charge in [0.15, 0.2) is 0 Å². The third-order valence-corrected chi connectivity index (χ3v) is 8.85. The monoisotopic (exact) mass is 488 g/mol. The number of carboxylic acids is 1. The Bertz CT molecular complexity index is 1250. The molecule has 0 saturated heterocycles. The van der Waals surface area contributed by atoms with Crippen LogP contribution in [0, 0.1) is 0 Å². The van der Waals surface area contributed by atoms with Crippen molar-refractivity contribution in [1.82, 2.24) is 4.98 Å². The molecule has 0 fully saturated rings. The number of pyridine rings is 1. The van der Waals surface area contributed by atoms with Gasteiger partial charge in [-0.05, 0) is 55.3 Å². The molecule has 33 heavy (non-hydrogen) atoms. The van der Waals surface area contributed by atoms with E-state index < -0.39 is 16.0 Å². The van der Waals surface area contributed by atoms with Crippen molar-refractivity contribution in [3.05, 3.63) is 54.2 Å². The van der Waals surface area contributed by atoms with E-state index in [1.54, 1.807) is 36.5 Å². The lowest BCUT2D eigenvalue weighted by Crippen LogP contribution is -2.29. The van der Waals surface area contributed by atoms with Crippen LogP contribution in [0.2, 0.25) is 0 Å². The number of nitrogens with zero attached hydrogens (tertiary/aromatic N) is 2. The molecule has 0 saturated carbocycles. The minimum Gasteiger partial charge on any atom is -0.494 e. The molecule has 1 unspecified atom stereocenters. The number of methoxy groups -OCH3 is 1. The van der Waals surface area contributed by atoms with Gasteiger partial charge in [0.1, 0.15) is 9.96 Å². The lowest BCUT2D eigenvalue weighted by Gasteiger charge is -2.19. The van der Waals surface area contributed by atoms with Gasteiger partial charge in [-0.3, -0.25) is 9.10 Å². The molecule has 0 aliphatic carbocycles. The van der Waals surface area contributed by atoms with E-state index in [9.17, 15) is 13.2 Å². The minimum absolute atomic E-state index is 0.0372. The first kappa shape index (κ1) is 23.1. The molecule has 4 rings (SSSR count). The zero-order valence-corrected chi connectivity index (χ0v) is 19.9. The van der Waals surface area contributed by atoms with Gasteiger partial charge >= 0.3 is 5.97 Å². The summed E-state index contributed by atoms with van der Waals surface area (Å²) < 4.78 is 39.4. The molecule has 0 amide bonds. The third-order valence-electron chi connectivity index (χ3n) is 5.47. The lowest BCUT2D eigenvalue weighted by atomic mass is 9.96. The van der Waals surface area contributed by atoms with Crippen LogP contribution < -0.4 is 13.8 Å². The maximum Gasteiger partial charge on any atom is 0.303 e. The first-order chi connectivity index (χ1) is 15.8. The maximum atomic E-state index is 13.6. The number of hydrogen-bond acceptors (Lipinski definition) is 7. The number of aromatic nitrogens is 1. The maximum absolute atomic E-state index is 13.6. The molecule has 0 bridgehead atoms. The summed E-state index contributed by atoms with van der Waals surface area (Å²) in [6, 6.07) is 12.2. The predicted molar refractivity (Wildman–Crippen MR) is 126 cm³/mol. The molecule has 0 spiro atoms. The second-order valence-corrected chi connectivity index (χ2v) is 10.7. The van der Waals surface area contributed by atoms with E-state index in [0.717, 1.165) is 16.0 Å². The van der Waals surface area contributed by atoms with Crippen molar-refractivity contribution in [3.8, 4) is 22.1 Å². The fourth-order valence-corrected chi connectivity index (χ4v) is 6.83. The topological polar surface area (TPSA) is 106 Å². The number of aliphatic carboxylic acids is 1. The van der Waals surface area contributed by atoms with Crippen molar-refractivity contribution < 1.29 is 27.8 Å². The molecule has 1 aromatic carbocycles. The van der Waals surface area contributed by atoms with Crippen LogP contribution >= 0.6 is 11.3 Å². The molecule has 1 aliphatic heterocycles. The van der Waals surface area contributed by atoms with Gasteiger partial charge in [-0.2, -0.15) is 0 Å². The van der Waals surface area contributed by atoms with Crippen LogP contribution in [-0.2, 0) is 14.8 Å². The number of hydrogen-bond donors (Lipinski definition) is 1. The molecule has 1 atom stereocenters. The van der Waals surface area contributed by atoms with Crippen LogP contribution in [0.1, 0.15) is 31.2 Å². The number of thiophene rings is 1. The van der Waals surface area contributed by atoms with Gasteiger partial charge in [0, 0.05) is 41.6 Å². The van der Waals surface area contributed by atoms with Crippen LogP contribution in [0.3, 0.4) is 0 Å². The Morgan fingerprint density at radius 1 is 1.24 bits per heavy atom. The van der Waals surface area contributed by atoms with Gasteiger partial charge in [0.05, 0.1) is 19.4 Å². The summed E-state index contributed by atoms with van der Waals surface area (Å²) in [4.78, 5) is 16.1. The normalized spacial score (nSPS) is 15.3. The molecule has 10 heteroatoms. The molecule has 3 heterocycles. The van der Waals surface area contributed by atoms with E-state index in [1.807, 2.05) is 19.1 Å². The third kappa shape index (κ3) is 4.67. The van der Waals surface area contributed by atoms with Crippen LogP contribution in [0.5, 0.6) is 11.6 Å². The quantitative estimate of drug-likeness (QED) is 0.477. The molecular weight excluding hydrogens is 464 g/mol. The Hall–Kier alpha value is -3.11. The largest absolute Gasteiger partial charge is 0.494 e. The molecule has 1 N–H and O–H groups in total. The first-order valence-electron chi connectivity index (χ1n) is 10.4. The average molecular weight is 489 g/mol. The van der Waals surface area contributed by atoms with Crippen LogP contribution in [-0.4, -0.2) is 44.7 Å². The Morgan fingerprint density at radius 3 is 2.73 bits per heavy atom. The summed E-state index contributed by atoms with van der Waals surface area (Å²) in [5.74, 6) is -0.0109. The van der Waals surface area contributed by atoms with E-state index >= 15 is 0 Å². The second kappa shape index (κ2) is 9.40. The van der Waals surface area contributed by atoms with E-state index in [2.05, 4.69) is 4.98 Å². The highest BCUT2D eigenvalue weighted by molar-refractivity contribution is 7.94. The van der Waals surface area contributed by atoms with Gasteiger partial charge in [0.2, 0.25) is 5.88 Å². The molecule has 3 aromatic rings. The Labute approximate surface area is 196 Å². The molecule has 8 nitrogen and oxygen atoms in total. The highest BCUT2D eigenvalue weighted by Crippen LogP contribution is 2.44. The minimum atomic E-state index is -3.83. The number of anilines is 1. The number of rotatable bonds is 9. The zero-order valence-electron chi connectivity index (χ0n) is 18.2. The number of sulfonamides is 1. The van der Waals surface area contributed by atoms with Crippen LogP contribution in [0.15, 0.2) is 52.9 Å². The zero-order chi connectivity index (χ0) is 23.6. The van der Waals surface area contributed by atoms with Gasteiger partial charge < -0.3 is 14.6 Å². The van der Waals surface area contributed by atoms with Crippen molar-refractivity contribution in [1.29, 1.82) is 0 Å². The van der Waals surface area contributed by atoms with Crippen molar-refractivity contribution in [2.45, 2.75) is 29.9 Å².